The van der Waals surface area contributed by atoms with Crippen molar-refractivity contribution in [3.63, 3.8) is 0 Å². The summed E-state index contributed by atoms with van der Waals surface area (Å²) in [5.74, 6) is 0.631. The quantitative estimate of drug-likeness (QED) is 0.425. The molecule has 0 unspecified atom stereocenters. The van der Waals surface area contributed by atoms with E-state index in [-0.39, 0.29) is 0 Å². The number of hydrogen-bond donors (Lipinski definition) is 4. The van der Waals surface area contributed by atoms with E-state index in [2.05, 4.69) is 36.8 Å². The van der Waals surface area contributed by atoms with Crippen molar-refractivity contribution in [1.82, 2.24) is 25.1 Å². The largest absolute Gasteiger partial charge is 0.379 e. The predicted octanol–water partition coefficient (Wildman–Crippen LogP) is 4.41. The van der Waals surface area contributed by atoms with Crippen LogP contribution in [0.4, 0.5) is 16.2 Å². The molecule has 1 aromatic carbocycles. The minimum Gasteiger partial charge on any atom is -0.379 e. The van der Waals surface area contributed by atoms with Gasteiger partial charge in [-0.1, -0.05) is 28.8 Å². The van der Waals surface area contributed by atoms with Crippen molar-refractivity contribution in [1.29, 1.82) is 0 Å². The van der Waals surface area contributed by atoms with Crippen molar-refractivity contribution in [3.05, 3.63) is 51.4 Å². The second-order valence-corrected chi connectivity index (χ2v) is 8.82. The van der Waals surface area contributed by atoms with E-state index in [4.69, 9.17) is 32.9 Å². The number of morpholine rings is 1. The summed E-state index contributed by atoms with van der Waals surface area (Å²) < 4.78 is 5.44. The first-order valence-corrected chi connectivity index (χ1v) is 11.5. The van der Waals surface area contributed by atoms with Crippen molar-refractivity contribution in [2.24, 2.45) is 0 Å². The number of rotatable bonds is 5. The maximum atomic E-state index is 12.5. The predicted molar refractivity (Wildman–Crippen MR) is 129 cm³/mol. The molecule has 0 atom stereocenters. The Balaban J connectivity index is 1.28. The molecule has 2 amide bonds. The lowest BCUT2D eigenvalue weighted by atomic mass is 9.99. The van der Waals surface area contributed by atoms with Gasteiger partial charge in [-0.15, -0.1) is 0 Å². The maximum Gasteiger partial charge on any atom is 0.323 e. The van der Waals surface area contributed by atoms with Gasteiger partial charge in [-0.2, -0.15) is 5.10 Å². The third-order valence-electron chi connectivity index (χ3n) is 5.68. The van der Waals surface area contributed by atoms with Crippen LogP contribution in [0.5, 0.6) is 0 Å². The maximum absolute atomic E-state index is 12.5. The van der Waals surface area contributed by atoms with E-state index in [1.165, 1.54) is 5.57 Å². The molecule has 0 spiro atoms. The number of fused-ring (bicyclic) bond motifs is 1. The minimum absolute atomic E-state index is 0.362. The zero-order valence-electron chi connectivity index (χ0n) is 17.8. The van der Waals surface area contributed by atoms with E-state index in [0.717, 1.165) is 57.1 Å². The Morgan fingerprint density at radius 3 is 2.82 bits per heavy atom. The standard InChI is InChI=1S/C22H23Cl2N7O2/c23-15-3-2-14(10-16(15)24)26-22(32)29-19-11-25-30-20(19)21-27-17-4-1-13(9-18(17)28-21)12-31-5-7-33-8-6-31/h2-3,9-11H,1,4-8,12H2,(H,25,30)(H,27,28)(H2,26,29,32). The van der Waals surface area contributed by atoms with Gasteiger partial charge in [0.2, 0.25) is 0 Å². The first-order valence-electron chi connectivity index (χ1n) is 10.7. The van der Waals surface area contributed by atoms with Gasteiger partial charge in [-0.05, 0) is 37.1 Å². The van der Waals surface area contributed by atoms with Crippen LogP contribution in [0.1, 0.15) is 17.8 Å². The number of nitrogens with one attached hydrogen (secondary N) is 4. The minimum atomic E-state index is -0.431. The summed E-state index contributed by atoms with van der Waals surface area (Å²) in [4.78, 5) is 23.0. The van der Waals surface area contributed by atoms with E-state index in [9.17, 15) is 4.79 Å². The number of hydrogen-bond acceptors (Lipinski definition) is 5. The van der Waals surface area contributed by atoms with Gasteiger partial charge in [0.1, 0.15) is 5.69 Å². The number of carbonyl (C=O) groups is 1. The molecule has 1 aliphatic heterocycles. The summed E-state index contributed by atoms with van der Waals surface area (Å²) in [6, 6.07) is 4.45. The number of aromatic amines is 2. The molecule has 33 heavy (non-hydrogen) atoms. The summed E-state index contributed by atoms with van der Waals surface area (Å²) in [5.41, 5.74) is 5.02. The lowest BCUT2D eigenvalue weighted by Crippen LogP contribution is -2.37. The Bertz CT molecular complexity index is 1200. The second-order valence-electron chi connectivity index (χ2n) is 8.01. The highest BCUT2D eigenvalue weighted by atomic mass is 35.5. The van der Waals surface area contributed by atoms with E-state index in [1.807, 2.05) is 0 Å². The molecule has 172 valence electrons. The van der Waals surface area contributed by atoms with E-state index in [1.54, 1.807) is 24.4 Å². The van der Waals surface area contributed by atoms with Crippen LogP contribution in [0, 0.1) is 0 Å². The summed E-state index contributed by atoms with van der Waals surface area (Å²) in [6.07, 6.45) is 5.60. The van der Waals surface area contributed by atoms with Crippen molar-refractivity contribution >= 4 is 46.7 Å². The molecule has 0 bridgehead atoms. The molecule has 5 rings (SSSR count). The molecule has 2 aliphatic rings. The van der Waals surface area contributed by atoms with Crippen LogP contribution in [-0.2, 0) is 11.2 Å². The Morgan fingerprint density at radius 2 is 2.00 bits per heavy atom. The Kier molecular flexibility index (Phi) is 6.37. The van der Waals surface area contributed by atoms with Gasteiger partial charge in [0, 0.05) is 31.0 Å². The van der Waals surface area contributed by atoms with Crippen LogP contribution in [0.3, 0.4) is 0 Å². The first-order chi connectivity index (χ1) is 16.0. The van der Waals surface area contributed by atoms with Crippen LogP contribution in [0.2, 0.25) is 10.0 Å². The zero-order chi connectivity index (χ0) is 22.8. The summed E-state index contributed by atoms with van der Waals surface area (Å²) in [7, 11) is 0. The van der Waals surface area contributed by atoms with Crippen LogP contribution in [-0.4, -0.2) is 63.9 Å². The van der Waals surface area contributed by atoms with Gasteiger partial charge >= 0.3 is 6.03 Å². The van der Waals surface area contributed by atoms with Gasteiger partial charge in [-0.3, -0.25) is 10.00 Å². The second kappa shape index (κ2) is 9.56. The summed E-state index contributed by atoms with van der Waals surface area (Å²) in [5, 5.41) is 13.3. The molecular formula is C22H23Cl2N7O2. The fourth-order valence-corrected chi connectivity index (χ4v) is 4.29. The number of H-pyrrole nitrogens is 2. The smallest absolute Gasteiger partial charge is 0.323 e. The van der Waals surface area contributed by atoms with Gasteiger partial charge in [0.15, 0.2) is 5.82 Å². The fourth-order valence-electron chi connectivity index (χ4n) is 3.99. The molecular weight excluding hydrogens is 465 g/mol. The molecule has 2 aromatic heterocycles. The SMILES string of the molecule is O=C(Nc1ccc(Cl)c(Cl)c1)Nc1cn[nH]c1-c1nc2c([nH]1)CCC(CN1CCOCC1)=C2. The third-order valence-corrected chi connectivity index (χ3v) is 6.42. The summed E-state index contributed by atoms with van der Waals surface area (Å²) >= 11 is 11.9. The molecule has 1 saturated heterocycles. The Morgan fingerprint density at radius 1 is 1.15 bits per heavy atom. The number of anilines is 2. The van der Waals surface area contributed by atoms with Crippen LogP contribution < -0.4 is 10.6 Å². The molecule has 3 aromatic rings. The highest BCUT2D eigenvalue weighted by Crippen LogP contribution is 2.29. The van der Waals surface area contributed by atoms with Gasteiger partial charge < -0.3 is 20.4 Å². The van der Waals surface area contributed by atoms with Gasteiger partial charge in [0.05, 0.1) is 40.8 Å². The molecule has 3 heterocycles. The third kappa shape index (κ3) is 5.06. The molecule has 0 saturated carbocycles. The molecule has 4 N–H and O–H groups in total. The van der Waals surface area contributed by atoms with Crippen LogP contribution in [0.25, 0.3) is 17.6 Å². The molecule has 1 fully saturated rings. The van der Waals surface area contributed by atoms with E-state index in [0.29, 0.717) is 32.9 Å². The first kappa shape index (κ1) is 22.0. The number of urea groups is 1. The Labute approximate surface area is 200 Å². The number of benzene rings is 1. The number of aromatic nitrogens is 4. The molecule has 11 heteroatoms. The van der Waals surface area contributed by atoms with Crippen molar-refractivity contribution < 1.29 is 9.53 Å². The number of ether oxygens (including phenoxy) is 1. The molecule has 1 aliphatic carbocycles. The van der Waals surface area contributed by atoms with Crippen LogP contribution >= 0.6 is 23.2 Å². The van der Waals surface area contributed by atoms with Crippen molar-refractivity contribution in [2.75, 3.05) is 43.5 Å². The lowest BCUT2D eigenvalue weighted by molar-refractivity contribution is 0.0420. The zero-order valence-corrected chi connectivity index (χ0v) is 19.3. The van der Waals surface area contributed by atoms with Gasteiger partial charge in [0.25, 0.3) is 0 Å². The number of imidazole rings is 1. The molecule has 0 radical (unpaired) electrons. The molecule has 9 nitrogen and oxygen atoms in total. The fraction of sp³-hybridized carbons (Fsp3) is 0.318. The van der Waals surface area contributed by atoms with E-state index < -0.39 is 6.03 Å². The topological polar surface area (TPSA) is 111 Å². The van der Waals surface area contributed by atoms with Crippen molar-refractivity contribution in [2.45, 2.75) is 12.8 Å². The number of carbonyl (C=O) groups excluding carboxylic acids is 1. The van der Waals surface area contributed by atoms with Gasteiger partial charge in [-0.25, -0.2) is 9.78 Å². The van der Waals surface area contributed by atoms with Crippen LogP contribution in [0.15, 0.2) is 30.0 Å². The van der Waals surface area contributed by atoms with E-state index >= 15 is 0 Å². The number of aryl methyl sites for hydroxylation is 1. The average molecular weight is 488 g/mol. The Hall–Kier alpha value is -2.85. The normalized spacial score (nSPS) is 16.2. The lowest BCUT2D eigenvalue weighted by Gasteiger charge is -2.28. The number of halogens is 2. The van der Waals surface area contributed by atoms with Crippen molar-refractivity contribution in [3.8, 4) is 11.5 Å². The monoisotopic (exact) mass is 487 g/mol. The highest BCUT2D eigenvalue weighted by molar-refractivity contribution is 6.42. The number of amides is 2. The summed E-state index contributed by atoms with van der Waals surface area (Å²) in [6.45, 7) is 4.45. The number of nitrogens with zero attached hydrogens (tertiary/aromatic N) is 3. The average Bonchev–Trinajstić information content (AvgIpc) is 3.43. The highest BCUT2D eigenvalue weighted by Gasteiger charge is 2.21.